The minimum atomic E-state index is 0.315. The second-order valence-electron chi connectivity index (χ2n) is 4.20. The van der Waals surface area contributed by atoms with Crippen LogP contribution in [0.2, 0.25) is 5.02 Å². The van der Waals surface area contributed by atoms with Gasteiger partial charge in [0, 0.05) is 12.6 Å². The summed E-state index contributed by atoms with van der Waals surface area (Å²) in [6, 6.07) is 7.23. The number of ether oxygens (including phenoxy) is 1. The van der Waals surface area contributed by atoms with E-state index < -0.39 is 0 Å². The van der Waals surface area contributed by atoms with Gasteiger partial charge in [-0.3, -0.25) is 4.68 Å². The molecule has 2 N–H and O–H groups in total. The van der Waals surface area contributed by atoms with Gasteiger partial charge < -0.3 is 10.5 Å². The number of aryl methyl sites for hydroxylation is 2. The van der Waals surface area contributed by atoms with Gasteiger partial charge in [0.05, 0.1) is 16.4 Å². The molecule has 100 valence electrons. The van der Waals surface area contributed by atoms with E-state index in [0.29, 0.717) is 22.4 Å². The van der Waals surface area contributed by atoms with E-state index in [0.717, 1.165) is 17.0 Å². The Morgan fingerprint density at radius 1 is 1.47 bits per heavy atom. The van der Waals surface area contributed by atoms with E-state index in [-0.39, 0.29) is 0 Å². The fourth-order valence-corrected chi connectivity index (χ4v) is 2.08. The van der Waals surface area contributed by atoms with Crippen molar-refractivity contribution in [2.75, 3.05) is 0 Å². The van der Waals surface area contributed by atoms with Crippen LogP contribution in [0.25, 0.3) is 0 Å². The fourth-order valence-electron chi connectivity index (χ4n) is 1.72. The Kier molecular flexibility index (Phi) is 4.07. The summed E-state index contributed by atoms with van der Waals surface area (Å²) in [7, 11) is 1.88. The normalized spacial score (nSPS) is 10.5. The third-order valence-corrected chi connectivity index (χ3v) is 3.22. The summed E-state index contributed by atoms with van der Waals surface area (Å²) in [5.41, 5.74) is 8.20. The number of halogens is 1. The molecular formula is C13H14ClN3OS. The van der Waals surface area contributed by atoms with Gasteiger partial charge in [0.2, 0.25) is 0 Å². The van der Waals surface area contributed by atoms with Crippen molar-refractivity contribution in [3.8, 4) is 5.75 Å². The SMILES string of the molecule is Cc1cc(COc2ccc(C(N)=S)cc2Cl)n(C)n1. The van der Waals surface area contributed by atoms with Gasteiger partial charge in [-0.1, -0.05) is 23.8 Å². The van der Waals surface area contributed by atoms with Gasteiger partial charge in [-0.05, 0) is 31.2 Å². The van der Waals surface area contributed by atoms with Crippen LogP contribution in [0.15, 0.2) is 24.3 Å². The zero-order valence-corrected chi connectivity index (χ0v) is 12.3. The number of aromatic nitrogens is 2. The molecule has 0 radical (unpaired) electrons. The Balaban J connectivity index is 2.12. The molecule has 1 aromatic carbocycles. The molecule has 1 heterocycles. The van der Waals surface area contributed by atoms with Crippen LogP contribution in [0, 0.1) is 6.92 Å². The Morgan fingerprint density at radius 2 is 2.21 bits per heavy atom. The van der Waals surface area contributed by atoms with E-state index in [2.05, 4.69) is 5.10 Å². The minimum absolute atomic E-state index is 0.315. The molecule has 0 atom stereocenters. The fraction of sp³-hybridized carbons (Fsp3) is 0.231. The average Bonchev–Trinajstić information content (AvgIpc) is 2.66. The topological polar surface area (TPSA) is 53.1 Å². The van der Waals surface area contributed by atoms with Crippen LogP contribution >= 0.6 is 23.8 Å². The monoisotopic (exact) mass is 295 g/mol. The number of thiocarbonyl (C=S) groups is 1. The lowest BCUT2D eigenvalue weighted by molar-refractivity contribution is 0.295. The van der Waals surface area contributed by atoms with Crippen molar-refractivity contribution in [2.24, 2.45) is 12.8 Å². The first kappa shape index (κ1) is 13.8. The van der Waals surface area contributed by atoms with Crippen LogP contribution in [0.4, 0.5) is 0 Å². The van der Waals surface area contributed by atoms with Crippen molar-refractivity contribution < 1.29 is 4.74 Å². The predicted molar refractivity (Wildman–Crippen MR) is 79.6 cm³/mol. The van der Waals surface area contributed by atoms with Gasteiger partial charge in [0.1, 0.15) is 17.3 Å². The highest BCUT2D eigenvalue weighted by Gasteiger charge is 2.07. The third-order valence-electron chi connectivity index (χ3n) is 2.69. The van der Waals surface area contributed by atoms with E-state index >= 15 is 0 Å². The lowest BCUT2D eigenvalue weighted by atomic mass is 10.2. The maximum atomic E-state index is 6.12. The first-order chi connectivity index (χ1) is 8.97. The average molecular weight is 296 g/mol. The molecule has 2 aromatic rings. The second-order valence-corrected chi connectivity index (χ2v) is 5.05. The van der Waals surface area contributed by atoms with E-state index in [1.54, 1.807) is 22.9 Å². The maximum absolute atomic E-state index is 6.12. The lowest BCUT2D eigenvalue weighted by Gasteiger charge is -2.09. The summed E-state index contributed by atoms with van der Waals surface area (Å²) in [4.78, 5) is 0.315. The first-order valence-electron chi connectivity index (χ1n) is 5.69. The molecule has 1 aromatic heterocycles. The molecule has 0 aliphatic rings. The summed E-state index contributed by atoms with van der Waals surface area (Å²) >= 11 is 11.0. The molecule has 0 aliphatic carbocycles. The van der Waals surface area contributed by atoms with Crippen molar-refractivity contribution in [1.82, 2.24) is 9.78 Å². The molecule has 0 saturated heterocycles. The molecule has 0 bridgehead atoms. The van der Waals surface area contributed by atoms with Crippen molar-refractivity contribution >= 4 is 28.8 Å². The predicted octanol–water partition coefficient (Wildman–Crippen LogP) is 2.60. The quantitative estimate of drug-likeness (QED) is 0.881. The molecule has 0 saturated carbocycles. The molecular weight excluding hydrogens is 282 g/mol. The molecule has 0 amide bonds. The van der Waals surface area contributed by atoms with E-state index in [1.807, 2.05) is 20.0 Å². The van der Waals surface area contributed by atoms with Gasteiger partial charge in [-0.2, -0.15) is 5.10 Å². The summed E-state index contributed by atoms with van der Waals surface area (Å²) in [6.07, 6.45) is 0. The standard InChI is InChI=1S/C13H14ClN3OS/c1-8-5-10(17(2)16-8)7-18-12-4-3-9(13(15)19)6-11(12)14/h3-6H,7H2,1-2H3,(H2,15,19). The molecule has 6 heteroatoms. The number of benzene rings is 1. The van der Waals surface area contributed by atoms with Crippen molar-refractivity contribution in [3.05, 3.63) is 46.2 Å². The van der Waals surface area contributed by atoms with Crippen LogP contribution < -0.4 is 10.5 Å². The van der Waals surface area contributed by atoms with E-state index in [4.69, 9.17) is 34.3 Å². The van der Waals surface area contributed by atoms with Crippen LogP contribution in [-0.2, 0) is 13.7 Å². The number of rotatable bonds is 4. The maximum Gasteiger partial charge on any atom is 0.138 e. The third kappa shape index (κ3) is 3.24. The molecule has 0 aliphatic heterocycles. The Morgan fingerprint density at radius 3 is 2.74 bits per heavy atom. The highest BCUT2D eigenvalue weighted by Crippen LogP contribution is 2.26. The zero-order chi connectivity index (χ0) is 14.0. The van der Waals surface area contributed by atoms with Crippen molar-refractivity contribution in [3.63, 3.8) is 0 Å². The van der Waals surface area contributed by atoms with Crippen LogP contribution in [0.5, 0.6) is 5.75 Å². The van der Waals surface area contributed by atoms with Gasteiger partial charge in [0.25, 0.3) is 0 Å². The second kappa shape index (κ2) is 5.59. The highest BCUT2D eigenvalue weighted by molar-refractivity contribution is 7.80. The molecule has 0 spiro atoms. The van der Waals surface area contributed by atoms with Crippen LogP contribution in [0.1, 0.15) is 17.0 Å². The van der Waals surface area contributed by atoms with Crippen molar-refractivity contribution in [2.45, 2.75) is 13.5 Å². The molecule has 4 nitrogen and oxygen atoms in total. The first-order valence-corrected chi connectivity index (χ1v) is 6.47. The summed E-state index contributed by atoms with van der Waals surface area (Å²) in [5.74, 6) is 0.598. The van der Waals surface area contributed by atoms with Gasteiger partial charge in [-0.15, -0.1) is 0 Å². The van der Waals surface area contributed by atoms with Gasteiger partial charge in [0.15, 0.2) is 0 Å². The molecule has 2 rings (SSSR count). The van der Waals surface area contributed by atoms with E-state index in [9.17, 15) is 0 Å². The van der Waals surface area contributed by atoms with Crippen LogP contribution in [0.3, 0.4) is 0 Å². The molecule has 0 unspecified atom stereocenters. The highest BCUT2D eigenvalue weighted by atomic mass is 35.5. The summed E-state index contributed by atoms with van der Waals surface area (Å²) in [5, 5.41) is 4.74. The summed E-state index contributed by atoms with van der Waals surface area (Å²) < 4.78 is 7.46. The van der Waals surface area contributed by atoms with E-state index in [1.165, 1.54) is 0 Å². The minimum Gasteiger partial charge on any atom is -0.486 e. The smallest absolute Gasteiger partial charge is 0.138 e. The number of hydrogen-bond acceptors (Lipinski definition) is 3. The summed E-state index contributed by atoms with van der Waals surface area (Å²) in [6.45, 7) is 2.34. The Bertz CT molecular complexity index is 624. The Hall–Kier alpha value is -1.59. The number of nitrogens with zero attached hydrogens (tertiary/aromatic N) is 2. The Labute approximate surface area is 122 Å². The molecule has 0 fully saturated rings. The zero-order valence-electron chi connectivity index (χ0n) is 10.7. The number of hydrogen-bond donors (Lipinski definition) is 1. The van der Waals surface area contributed by atoms with Crippen LogP contribution in [-0.4, -0.2) is 14.8 Å². The molecule has 19 heavy (non-hydrogen) atoms. The largest absolute Gasteiger partial charge is 0.486 e. The number of nitrogens with two attached hydrogens (primary N) is 1. The van der Waals surface area contributed by atoms with Gasteiger partial charge in [-0.25, -0.2) is 0 Å². The lowest BCUT2D eigenvalue weighted by Crippen LogP contribution is -2.09. The van der Waals surface area contributed by atoms with Crippen molar-refractivity contribution in [1.29, 1.82) is 0 Å². The van der Waals surface area contributed by atoms with Gasteiger partial charge >= 0.3 is 0 Å².